The summed E-state index contributed by atoms with van der Waals surface area (Å²) < 4.78 is 0. The van der Waals surface area contributed by atoms with Crippen molar-refractivity contribution in [1.82, 2.24) is 10.6 Å². The third-order valence-corrected chi connectivity index (χ3v) is 3.70. The van der Waals surface area contributed by atoms with Crippen LogP contribution in [0.3, 0.4) is 0 Å². The zero-order valence-electron chi connectivity index (χ0n) is 9.59. The van der Waals surface area contributed by atoms with Crippen LogP contribution < -0.4 is 10.6 Å². The molecule has 0 aromatic heterocycles. The minimum Gasteiger partial charge on any atom is -0.356 e. The normalized spacial score (nSPS) is 27.7. The van der Waals surface area contributed by atoms with Gasteiger partial charge in [0.1, 0.15) is 0 Å². The molecule has 2 aliphatic rings. The van der Waals surface area contributed by atoms with Crippen LogP contribution in [0.5, 0.6) is 0 Å². The summed E-state index contributed by atoms with van der Waals surface area (Å²) in [5, 5.41) is 6.50. The summed E-state index contributed by atoms with van der Waals surface area (Å²) in [7, 11) is 0. The summed E-state index contributed by atoms with van der Waals surface area (Å²) >= 11 is 0. The van der Waals surface area contributed by atoms with Gasteiger partial charge < -0.3 is 10.6 Å². The van der Waals surface area contributed by atoms with Gasteiger partial charge in [-0.2, -0.15) is 0 Å². The summed E-state index contributed by atoms with van der Waals surface area (Å²) in [6.45, 7) is 4.05. The van der Waals surface area contributed by atoms with Crippen LogP contribution in [0.15, 0.2) is 0 Å². The molecule has 1 heterocycles. The molecule has 2 N–H and O–H groups in total. The van der Waals surface area contributed by atoms with Gasteiger partial charge in [0.2, 0.25) is 5.91 Å². The molecule has 0 bridgehead atoms. The van der Waals surface area contributed by atoms with E-state index in [2.05, 4.69) is 17.6 Å². The third kappa shape index (κ3) is 3.20. The van der Waals surface area contributed by atoms with Crippen molar-refractivity contribution >= 4 is 5.91 Å². The molecule has 1 saturated heterocycles. The number of nitrogens with one attached hydrogen (secondary N) is 2. The molecule has 1 aliphatic heterocycles. The first kappa shape index (κ1) is 10.9. The fraction of sp³-hybridized carbons (Fsp3) is 0.917. The van der Waals surface area contributed by atoms with Crippen LogP contribution in [0.4, 0.5) is 0 Å². The highest BCUT2D eigenvalue weighted by molar-refractivity contribution is 5.78. The minimum atomic E-state index is 0.238. The molecule has 1 amide bonds. The molecule has 2 fully saturated rings. The first-order valence-corrected chi connectivity index (χ1v) is 6.28. The average Bonchev–Trinajstić information content (AvgIpc) is 2.96. The van der Waals surface area contributed by atoms with Gasteiger partial charge in [0.25, 0.3) is 0 Å². The molecule has 2 rings (SSSR count). The summed E-state index contributed by atoms with van der Waals surface area (Å²) in [4.78, 5) is 11.7. The molecular formula is C12H22N2O. The van der Waals surface area contributed by atoms with Crippen LogP contribution in [0, 0.1) is 11.8 Å². The predicted octanol–water partition coefficient (Wildman–Crippen LogP) is 1.29. The lowest BCUT2D eigenvalue weighted by molar-refractivity contribution is -0.125. The number of rotatable bonds is 5. The van der Waals surface area contributed by atoms with E-state index in [9.17, 15) is 4.79 Å². The molecular weight excluding hydrogens is 188 g/mol. The summed E-state index contributed by atoms with van der Waals surface area (Å²) in [5.74, 6) is 1.17. The van der Waals surface area contributed by atoms with Crippen molar-refractivity contribution in [2.24, 2.45) is 11.8 Å². The Labute approximate surface area is 92.0 Å². The molecule has 86 valence electrons. The van der Waals surface area contributed by atoms with Gasteiger partial charge >= 0.3 is 0 Å². The van der Waals surface area contributed by atoms with Crippen molar-refractivity contribution in [3.63, 3.8) is 0 Å². The summed E-state index contributed by atoms with van der Waals surface area (Å²) in [5.41, 5.74) is 0. The lowest BCUT2D eigenvalue weighted by atomic mass is 10.1. The highest BCUT2D eigenvalue weighted by Gasteiger charge is 2.32. The topological polar surface area (TPSA) is 41.1 Å². The minimum absolute atomic E-state index is 0.238. The first-order chi connectivity index (χ1) is 7.27. The Bertz CT molecular complexity index is 220. The van der Waals surface area contributed by atoms with Gasteiger partial charge in [-0.25, -0.2) is 0 Å². The Morgan fingerprint density at radius 2 is 2.27 bits per heavy atom. The van der Waals surface area contributed by atoms with Crippen LogP contribution in [-0.4, -0.2) is 25.0 Å². The van der Waals surface area contributed by atoms with E-state index in [0.29, 0.717) is 12.0 Å². The van der Waals surface area contributed by atoms with Crippen LogP contribution >= 0.6 is 0 Å². The van der Waals surface area contributed by atoms with E-state index in [1.54, 1.807) is 0 Å². The SMILES string of the molecule is CC(C(=O)NCCC1CCCN1)C1CC1. The molecule has 2 unspecified atom stereocenters. The molecule has 3 nitrogen and oxygen atoms in total. The standard InChI is InChI=1S/C12H22N2O/c1-9(10-4-5-10)12(15)14-8-6-11-3-2-7-13-11/h9-11,13H,2-8H2,1H3,(H,14,15). The molecule has 1 saturated carbocycles. The quantitative estimate of drug-likeness (QED) is 0.718. The average molecular weight is 210 g/mol. The zero-order valence-corrected chi connectivity index (χ0v) is 9.59. The maximum absolute atomic E-state index is 11.7. The number of hydrogen-bond acceptors (Lipinski definition) is 2. The number of carbonyl (C=O) groups excluding carboxylic acids is 1. The van der Waals surface area contributed by atoms with E-state index in [-0.39, 0.29) is 11.8 Å². The van der Waals surface area contributed by atoms with E-state index in [1.165, 1.54) is 25.7 Å². The second kappa shape index (κ2) is 4.97. The molecule has 0 spiro atoms. The zero-order chi connectivity index (χ0) is 10.7. The number of hydrogen-bond donors (Lipinski definition) is 2. The Morgan fingerprint density at radius 3 is 2.87 bits per heavy atom. The molecule has 15 heavy (non-hydrogen) atoms. The smallest absolute Gasteiger partial charge is 0.223 e. The van der Waals surface area contributed by atoms with Crippen molar-refractivity contribution in [2.75, 3.05) is 13.1 Å². The monoisotopic (exact) mass is 210 g/mol. The van der Waals surface area contributed by atoms with Gasteiger partial charge in [0.15, 0.2) is 0 Å². The Hall–Kier alpha value is -0.570. The lowest BCUT2D eigenvalue weighted by Crippen LogP contribution is -2.34. The first-order valence-electron chi connectivity index (χ1n) is 6.28. The Balaban J connectivity index is 1.58. The van der Waals surface area contributed by atoms with Crippen molar-refractivity contribution in [3.8, 4) is 0 Å². The molecule has 1 aliphatic carbocycles. The highest BCUT2D eigenvalue weighted by atomic mass is 16.1. The fourth-order valence-corrected chi connectivity index (χ4v) is 2.34. The van der Waals surface area contributed by atoms with Crippen molar-refractivity contribution < 1.29 is 4.79 Å². The van der Waals surface area contributed by atoms with Gasteiger partial charge in [-0.05, 0) is 44.6 Å². The Kier molecular flexibility index (Phi) is 3.62. The van der Waals surface area contributed by atoms with Crippen molar-refractivity contribution in [1.29, 1.82) is 0 Å². The summed E-state index contributed by atoms with van der Waals surface area (Å²) in [6, 6.07) is 0.640. The third-order valence-electron chi connectivity index (χ3n) is 3.70. The molecule has 0 aromatic rings. The van der Waals surface area contributed by atoms with Crippen LogP contribution in [0.1, 0.15) is 39.0 Å². The van der Waals surface area contributed by atoms with Gasteiger partial charge in [-0.3, -0.25) is 4.79 Å². The maximum Gasteiger partial charge on any atom is 0.223 e. The van der Waals surface area contributed by atoms with Crippen LogP contribution in [-0.2, 0) is 4.79 Å². The maximum atomic E-state index is 11.7. The van der Waals surface area contributed by atoms with E-state index < -0.39 is 0 Å². The molecule has 0 radical (unpaired) electrons. The van der Waals surface area contributed by atoms with E-state index >= 15 is 0 Å². The highest BCUT2D eigenvalue weighted by Crippen LogP contribution is 2.36. The predicted molar refractivity (Wildman–Crippen MR) is 60.5 cm³/mol. The molecule has 3 heteroatoms. The Morgan fingerprint density at radius 1 is 1.47 bits per heavy atom. The number of carbonyl (C=O) groups is 1. The van der Waals surface area contributed by atoms with E-state index in [0.717, 1.165) is 19.5 Å². The van der Waals surface area contributed by atoms with Gasteiger partial charge in [-0.15, -0.1) is 0 Å². The van der Waals surface area contributed by atoms with Crippen LogP contribution in [0.25, 0.3) is 0 Å². The van der Waals surface area contributed by atoms with Crippen molar-refractivity contribution in [3.05, 3.63) is 0 Å². The van der Waals surface area contributed by atoms with E-state index in [4.69, 9.17) is 0 Å². The van der Waals surface area contributed by atoms with Crippen LogP contribution in [0.2, 0.25) is 0 Å². The van der Waals surface area contributed by atoms with Crippen molar-refractivity contribution in [2.45, 2.75) is 45.1 Å². The molecule has 2 atom stereocenters. The second-order valence-corrected chi connectivity index (χ2v) is 5.00. The van der Waals surface area contributed by atoms with Gasteiger partial charge in [-0.1, -0.05) is 6.92 Å². The lowest BCUT2D eigenvalue weighted by Gasteiger charge is -2.13. The molecule has 0 aromatic carbocycles. The van der Waals surface area contributed by atoms with E-state index in [1.807, 2.05) is 0 Å². The fourth-order valence-electron chi connectivity index (χ4n) is 2.34. The number of amides is 1. The van der Waals surface area contributed by atoms with Gasteiger partial charge in [0.05, 0.1) is 0 Å². The second-order valence-electron chi connectivity index (χ2n) is 5.00. The summed E-state index contributed by atoms with van der Waals surface area (Å²) in [6.07, 6.45) is 6.14. The van der Waals surface area contributed by atoms with Gasteiger partial charge in [0, 0.05) is 18.5 Å². The largest absolute Gasteiger partial charge is 0.356 e.